The summed E-state index contributed by atoms with van der Waals surface area (Å²) in [5, 5.41) is 0. The molecule has 1 aromatic rings. The molecule has 1 saturated carbocycles. The maximum absolute atomic E-state index is 5.89. The minimum Gasteiger partial charge on any atom is -0.361 e. The Morgan fingerprint density at radius 1 is 1.19 bits per heavy atom. The first-order chi connectivity index (χ1) is 10.4. The van der Waals surface area contributed by atoms with Crippen LogP contribution in [0.15, 0.2) is 43.0 Å². The normalized spacial score (nSPS) is 16.8. The van der Waals surface area contributed by atoms with Crippen molar-refractivity contribution in [2.45, 2.75) is 51.0 Å². The first-order valence-corrected chi connectivity index (χ1v) is 8.15. The molecule has 0 aliphatic heterocycles. The van der Waals surface area contributed by atoms with Crippen LogP contribution in [0.2, 0.25) is 0 Å². The number of rotatable bonds is 6. The molecule has 21 heavy (non-hydrogen) atoms. The first kappa shape index (κ1) is 15.9. The van der Waals surface area contributed by atoms with Crippen molar-refractivity contribution >= 4 is 0 Å². The Morgan fingerprint density at radius 3 is 2.67 bits per heavy atom. The van der Waals surface area contributed by atoms with Crippen molar-refractivity contribution in [1.29, 1.82) is 0 Å². The lowest BCUT2D eigenvalue weighted by Crippen LogP contribution is -2.25. The van der Waals surface area contributed by atoms with Gasteiger partial charge >= 0.3 is 0 Å². The van der Waals surface area contributed by atoms with Crippen LogP contribution >= 0.6 is 0 Å². The maximum Gasteiger partial charge on any atom is 0.121 e. The predicted molar refractivity (Wildman–Crippen MR) is 89.1 cm³/mol. The van der Waals surface area contributed by atoms with Gasteiger partial charge in [-0.15, -0.1) is 12.5 Å². The third-order valence-electron chi connectivity index (χ3n) is 4.10. The minimum absolute atomic E-state index is 0.0964. The van der Waals surface area contributed by atoms with E-state index in [0.29, 0.717) is 12.5 Å². The van der Waals surface area contributed by atoms with Gasteiger partial charge in [-0.25, -0.2) is 0 Å². The van der Waals surface area contributed by atoms with Crippen molar-refractivity contribution in [3.05, 3.63) is 48.6 Å². The average molecular weight is 282 g/mol. The zero-order valence-electron chi connectivity index (χ0n) is 12.9. The average Bonchev–Trinajstić information content (AvgIpc) is 2.56. The SMILES string of the molecule is C=CCO[C@@H](C#CCCc1ccccc1)C1CCCCC1. The molecule has 0 heterocycles. The van der Waals surface area contributed by atoms with Gasteiger partial charge in [-0.3, -0.25) is 0 Å². The Kier molecular flexibility index (Phi) is 7.12. The number of aryl methyl sites for hydroxylation is 1. The molecule has 2 rings (SSSR count). The lowest BCUT2D eigenvalue weighted by molar-refractivity contribution is 0.0558. The van der Waals surface area contributed by atoms with Gasteiger partial charge in [-0.2, -0.15) is 0 Å². The molecule has 1 heteroatoms. The Balaban J connectivity index is 1.85. The third kappa shape index (κ3) is 5.78. The third-order valence-corrected chi connectivity index (χ3v) is 4.10. The second-order valence-electron chi connectivity index (χ2n) is 5.75. The quantitative estimate of drug-likeness (QED) is 0.539. The first-order valence-electron chi connectivity index (χ1n) is 8.15. The smallest absolute Gasteiger partial charge is 0.121 e. The van der Waals surface area contributed by atoms with Gasteiger partial charge in [0.05, 0.1) is 6.61 Å². The Labute approximate surface area is 129 Å². The standard InChI is InChI=1S/C20H26O/c1-2-17-21-20(19-14-7-4-8-15-19)16-10-9-13-18-11-5-3-6-12-18/h2-3,5-6,11-12,19-20H,1,4,7-9,13-15,17H2/t20-/m0/s1. The zero-order valence-corrected chi connectivity index (χ0v) is 12.9. The Morgan fingerprint density at radius 2 is 1.95 bits per heavy atom. The molecular formula is C20H26O. The maximum atomic E-state index is 5.89. The van der Waals surface area contributed by atoms with Gasteiger partial charge in [-0.05, 0) is 30.7 Å². The second-order valence-corrected chi connectivity index (χ2v) is 5.75. The fourth-order valence-electron chi connectivity index (χ4n) is 2.93. The van der Waals surface area contributed by atoms with Crippen molar-refractivity contribution in [2.24, 2.45) is 5.92 Å². The molecular weight excluding hydrogens is 256 g/mol. The number of hydrogen-bond acceptors (Lipinski definition) is 1. The molecule has 0 N–H and O–H groups in total. The minimum atomic E-state index is 0.0964. The predicted octanol–water partition coefficient (Wildman–Crippen LogP) is 4.77. The van der Waals surface area contributed by atoms with Gasteiger partial charge in [0.25, 0.3) is 0 Å². The second kappa shape index (κ2) is 9.42. The van der Waals surface area contributed by atoms with Gasteiger partial charge in [0.1, 0.15) is 6.10 Å². The van der Waals surface area contributed by atoms with Crippen molar-refractivity contribution in [2.75, 3.05) is 6.61 Å². The van der Waals surface area contributed by atoms with Crippen LogP contribution in [0.4, 0.5) is 0 Å². The van der Waals surface area contributed by atoms with Crippen molar-refractivity contribution < 1.29 is 4.74 Å². The molecule has 1 aliphatic carbocycles. The van der Waals surface area contributed by atoms with Crippen LogP contribution in [-0.2, 0) is 11.2 Å². The molecule has 0 radical (unpaired) electrons. The molecule has 1 aliphatic rings. The summed E-state index contributed by atoms with van der Waals surface area (Å²) in [7, 11) is 0. The molecule has 1 aromatic carbocycles. The summed E-state index contributed by atoms with van der Waals surface area (Å²) in [6.07, 6.45) is 10.4. The lowest BCUT2D eigenvalue weighted by atomic mass is 9.85. The van der Waals surface area contributed by atoms with Crippen molar-refractivity contribution in [3.8, 4) is 11.8 Å². The molecule has 0 amide bonds. The van der Waals surface area contributed by atoms with Crippen LogP contribution in [0.25, 0.3) is 0 Å². The van der Waals surface area contributed by atoms with E-state index in [4.69, 9.17) is 4.74 Å². The van der Waals surface area contributed by atoms with Crippen LogP contribution in [0.5, 0.6) is 0 Å². The number of hydrogen-bond donors (Lipinski definition) is 0. The van der Waals surface area contributed by atoms with E-state index >= 15 is 0 Å². The molecule has 0 unspecified atom stereocenters. The zero-order chi connectivity index (χ0) is 14.8. The van der Waals surface area contributed by atoms with Crippen LogP contribution in [0, 0.1) is 17.8 Å². The Hall–Kier alpha value is -1.52. The number of benzene rings is 1. The summed E-state index contributed by atoms with van der Waals surface area (Å²) < 4.78 is 5.89. The monoisotopic (exact) mass is 282 g/mol. The summed E-state index contributed by atoms with van der Waals surface area (Å²) in [5.74, 6) is 7.32. The van der Waals surface area contributed by atoms with Crippen LogP contribution < -0.4 is 0 Å². The summed E-state index contributed by atoms with van der Waals surface area (Å²) in [6.45, 7) is 4.35. The van der Waals surface area contributed by atoms with E-state index < -0.39 is 0 Å². The van der Waals surface area contributed by atoms with E-state index in [1.807, 2.05) is 6.08 Å². The topological polar surface area (TPSA) is 9.23 Å². The molecule has 0 saturated heterocycles. The molecule has 1 fully saturated rings. The van der Waals surface area contributed by atoms with Crippen molar-refractivity contribution in [3.63, 3.8) is 0 Å². The summed E-state index contributed by atoms with van der Waals surface area (Å²) >= 11 is 0. The summed E-state index contributed by atoms with van der Waals surface area (Å²) in [6, 6.07) is 10.5. The van der Waals surface area contributed by atoms with Gasteiger partial charge < -0.3 is 4.74 Å². The van der Waals surface area contributed by atoms with E-state index in [0.717, 1.165) is 12.8 Å². The molecule has 0 bridgehead atoms. The highest BCUT2D eigenvalue weighted by Crippen LogP contribution is 2.27. The highest BCUT2D eigenvalue weighted by atomic mass is 16.5. The summed E-state index contributed by atoms with van der Waals surface area (Å²) in [4.78, 5) is 0. The van der Waals surface area contributed by atoms with Crippen LogP contribution in [0.3, 0.4) is 0 Å². The van der Waals surface area contributed by atoms with E-state index in [-0.39, 0.29) is 6.10 Å². The largest absolute Gasteiger partial charge is 0.361 e. The Bertz CT molecular complexity index is 460. The van der Waals surface area contributed by atoms with Gasteiger partial charge in [0.15, 0.2) is 0 Å². The summed E-state index contributed by atoms with van der Waals surface area (Å²) in [5.41, 5.74) is 1.35. The van der Waals surface area contributed by atoms with Crippen molar-refractivity contribution in [1.82, 2.24) is 0 Å². The molecule has 0 aromatic heterocycles. The van der Waals surface area contributed by atoms with E-state index in [1.165, 1.54) is 37.7 Å². The fourth-order valence-corrected chi connectivity index (χ4v) is 2.93. The van der Waals surface area contributed by atoms with E-state index in [9.17, 15) is 0 Å². The van der Waals surface area contributed by atoms with Crippen LogP contribution in [0.1, 0.15) is 44.1 Å². The highest BCUT2D eigenvalue weighted by Gasteiger charge is 2.22. The number of ether oxygens (including phenoxy) is 1. The van der Waals surface area contributed by atoms with Gasteiger partial charge in [0.2, 0.25) is 0 Å². The molecule has 1 atom stereocenters. The molecule has 1 nitrogen and oxygen atoms in total. The van der Waals surface area contributed by atoms with Crippen LogP contribution in [-0.4, -0.2) is 12.7 Å². The molecule has 0 spiro atoms. The lowest BCUT2D eigenvalue weighted by Gasteiger charge is -2.26. The van der Waals surface area contributed by atoms with E-state index in [2.05, 4.69) is 48.8 Å². The van der Waals surface area contributed by atoms with Gasteiger partial charge in [-0.1, -0.05) is 61.6 Å². The van der Waals surface area contributed by atoms with Gasteiger partial charge in [0, 0.05) is 6.42 Å². The van der Waals surface area contributed by atoms with E-state index in [1.54, 1.807) is 0 Å². The fraction of sp³-hybridized carbons (Fsp3) is 0.500. The molecule has 112 valence electrons. The highest BCUT2D eigenvalue weighted by molar-refractivity contribution is 5.17.